The first kappa shape index (κ1) is 20.7. The molecule has 164 valence electrons. The van der Waals surface area contributed by atoms with Gasteiger partial charge in [-0.15, -0.1) is 0 Å². The molecule has 3 N–H and O–H groups in total. The molecule has 2 aliphatic rings. The van der Waals surface area contributed by atoms with Crippen molar-refractivity contribution in [3.63, 3.8) is 0 Å². The number of nitrogens with one attached hydrogen (secondary N) is 1. The third kappa shape index (κ3) is 3.81. The number of para-hydroxylation sites is 1. The molecule has 0 amide bonds. The van der Waals surface area contributed by atoms with Crippen LogP contribution in [0.2, 0.25) is 0 Å². The summed E-state index contributed by atoms with van der Waals surface area (Å²) in [6, 6.07) is 8.47. The summed E-state index contributed by atoms with van der Waals surface area (Å²) in [7, 11) is 0. The first-order valence-electron chi connectivity index (χ1n) is 10.7. The molecular formula is C22H27N5O3S. The smallest absolute Gasteiger partial charge is 0.164 e. The first-order chi connectivity index (χ1) is 15.1. The van der Waals surface area contributed by atoms with Gasteiger partial charge in [0.2, 0.25) is 0 Å². The Bertz CT molecular complexity index is 1070. The fraction of sp³-hybridized carbons (Fsp3) is 0.500. The summed E-state index contributed by atoms with van der Waals surface area (Å²) in [5.74, 6) is 0.736. The van der Waals surface area contributed by atoms with Gasteiger partial charge in [0.25, 0.3) is 0 Å². The van der Waals surface area contributed by atoms with E-state index in [1.165, 1.54) is 16.9 Å². The lowest BCUT2D eigenvalue weighted by atomic mass is 9.82. The fourth-order valence-electron chi connectivity index (χ4n) is 4.62. The Kier molecular flexibility index (Phi) is 5.61. The second-order valence-electron chi connectivity index (χ2n) is 8.50. The molecule has 4 heterocycles. The van der Waals surface area contributed by atoms with E-state index < -0.39 is 6.23 Å². The Morgan fingerprint density at radius 1 is 1.29 bits per heavy atom. The number of benzene rings is 1. The highest BCUT2D eigenvalue weighted by atomic mass is 32.1. The number of nitrogens with zero attached hydrogens (tertiary/aromatic N) is 4. The van der Waals surface area contributed by atoms with Crippen LogP contribution in [0, 0.1) is 0 Å². The van der Waals surface area contributed by atoms with Crippen LogP contribution in [0.5, 0.6) is 0 Å². The van der Waals surface area contributed by atoms with E-state index in [9.17, 15) is 10.2 Å². The molecule has 5 rings (SSSR count). The van der Waals surface area contributed by atoms with Crippen LogP contribution in [0.3, 0.4) is 0 Å². The SMILES string of the molecule is CC1(CCO)CN(c2ncnc3sc(C(O)NC4CCOCC4)nc23)c2ccccc21. The maximum absolute atomic E-state index is 10.7. The van der Waals surface area contributed by atoms with Crippen LogP contribution < -0.4 is 10.2 Å². The Morgan fingerprint density at radius 2 is 2.10 bits per heavy atom. The molecule has 1 aromatic carbocycles. The van der Waals surface area contributed by atoms with Gasteiger partial charge in [-0.05, 0) is 30.9 Å². The molecule has 3 aromatic rings. The molecule has 0 spiro atoms. The Labute approximate surface area is 184 Å². The number of thiazole rings is 1. The van der Waals surface area contributed by atoms with E-state index in [1.54, 1.807) is 6.33 Å². The molecule has 9 heteroatoms. The summed E-state index contributed by atoms with van der Waals surface area (Å²) in [4.78, 5) is 16.7. The fourth-order valence-corrected chi connectivity index (χ4v) is 5.47. The average Bonchev–Trinajstić information content (AvgIpc) is 3.35. The molecule has 2 aliphatic heterocycles. The van der Waals surface area contributed by atoms with Crippen molar-refractivity contribution < 1.29 is 14.9 Å². The van der Waals surface area contributed by atoms with Crippen molar-refractivity contribution in [3.8, 4) is 0 Å². The van der Waals surface area contributed by atoms with Crippen molar-refractivity contribution in [1.82, 2.24) is 20.3 Å². The standard InChI is InChI=1S/C22H27N5O3S/c1-22(8-9-28)12-27(16-5-3-2-4-15(16)22)18-17-20(24-13-23-18)31-21(26-17)19(29)25-14-6-10-30-11-7-14/h2-5,13-14,19,25,28-29H,6-12H2,1H3. The van der Waals surface area contributed by atoms with E-state index in [0.717, 1.165) is 29.2 Å². The van der Waals surface area contributed by atoms with E-state index in [4.69, 9.17) is 9.72 Å². The molecular weight excluding hydrogens is 414 g/mol. The summed E-state index contributed by atoms with van der Waals surface area (Å²) in [5, 5.41) is 24.3. The zero-order valence-electron chi connectivity index (χ0n) is 17.5. The van der Waals surface area contributed by atoms with E-state index in [2.05, 4.69) is 39.2 Å². The normalized spacial score (nSPS) is 22.7. The third-order valence-electron chi connectivity index (χ3n) is 6.31. The van der Waals surface area contributed by atoms with Crippen molar-refractivity contribution in [3.05, 3.63) is 41.2 Å². The summed E-state index contributed by atoms with van der Waals surface area (Å²) < 4.78 is 5.40. The van der Waals surface area contributed by atoms with E-state index >= 15 is 0 Å². The van der Waals surface area contributed by atoms with Crippen LogP contribution in [0.15, 0.2) is 30.6 Å². The van der Waals surface area contributed by atoms with Gasteiger partial charge < -0.3 is 19.8 Å². The first-order valence-corrected chi connectivity index (χ1v) is 11.5. The van der Waals surface area contributed by atoms with Gasteiger partial charge in [0.1, 0.15) is 21.7 Å². The minimum atomic E-state index is -0.847. The van der Waals surface area contributed by atoms with Crippen molar-refractivity contribution in [2.24, 2.45) is 0 Å². The van der Waals surface area contributed by atoms with E-state index in [0.29, 0.717) is 36.7 Å². The quantitative estimate of drug-likeness (QED) is 0.502. The second kappa shape index (κ2) is 8.40. The van der Waals surface area contributed by atoms with Crippen molar-refractivity contribution in [2.75, 3.05) is 31.3 Å². The predicted octanol–water partition coefficient (Wildman–Crippen LogP) is 2.64. The van der Waals surface area contributed by atoms with E-state index in [-0.39, 0.29) is 18.1 Å². The van der Waals surface area contributed by atoms with Crippen molar-refractivity contribution in [1.29, 1.82) is 0 Å². The number of ether oxygens (including phenoxy) is 1. The van der Waals surface area contributed by atoms with Gasteiger partial charge in [-0.2, -0.15) is 0 Å². The number of aromatic nitrogens is 3. The topological polar surface area (TPSA) is 104 Å². The van der Waals surface area contributed by atoms with Crippen molar-refractivity contribution in [2.45, 2.75) is 43.9 Å². The number of hydrogen-bond donors (Lipinski definition) is 3. The van der Waals surface area contributed by atoms with Crippen molar-refractivity contribution >= 4 is 33.2 Å². The van der Waals surface area contributed by atoms with Crippen LogP contribution in [0.4, 0.5) is 11.5 Å². The molecule has 0 saturated carbocycles. The average molecular weight is 442 g/mol. The second-order valence-corrected chi connectivity index (χ2v) is 9.51. The highest BCUT2D eigenvalue weighted by Crippen LogP contribution is 2.46. The number of aliphatic hydroxyl groups excluding tert-OH is 2. The van der Waals surface area contributed by atoms with Gasteiger partial charge in [-0.1, -0.05) is 36.5 Å². The Morgan fingerprint density at radius 3 is 2.90 bits per heavy atom. The van der Waals surface area contributed by atoms with Gasteiger partial charge >= 0.3 is 0 Å². The molecule has 0 radical (unpaired) electrons. The maximum atomic E-state index is 10.7. The summed E-state index contributed by atoms with van der Waals surface area (Å²) in [6.07, 6.45) is 3.13. The molecule has 1 saturated heterocycles. The largest absolute Gasteiger partial charge is 0.396 e. The lowest BCUT2D eigenvalue weighted by Crippen LogP contribution is -2.37. The summed E-state index contributed by atoms with van der Waals surface area (Å²) in [6.45, 7) is 4.42. The minimum absolute atomic E-state index is 0.128. The zero-order valence-corrected chi connectivity index (χ0v) is 18.3. The van der Waals surface area contributed by atoms with Crippen LogP contribution in [0.25, 0.3) is 10.3 Å². The highest BCUT2D eigenvalue weighted by molar-refractivity contribution is 7.18. The Hall–Kier alpha value is -2.17. The number of hydrogen-bond acceptors (Lipinski definition) is 9. The van der Waals surface area contributed by atoms with Gasteiger partial charge in [-0.3, -0.25) is 5.32 Å². The summed E-state index contributed by atoms with van der Waals surface area (Å²) >= 11 is 1.39. The van der Waals surface area contributed by atoms with Crippen LogP contribution in [-0.4, -0.2) is 57.6 Å². The molecule has 0 bridgehead atoms. The predicted molar refractivity (Wildman–Crippen MR) is 120 cm³/mol. The number of anilines is 2. The minimum Gasteiger partial charge on any atom is -0.396 e. The monoisotopic (exact) mass is 441 g/mol. The molecule has 2 unspecified atom stereocenters. The third-order valence-corrected chi connectivity index (χ3v) is 7.33. The van der Waals surface area contributed by atoms with Crippen LogP contribution >= 0.6 is 11.3 Å². The number of rotatable bonds is 6. The van der Waals surface area contributed by atoms with Gasteiger partial charge in [0.05, 0.1) is 0 Å². The van der Waals surface area contributed by atoms with E-state index in [1.807, 2.05) is 12.1 Å². The molecule has 1 fully saturated rings. The van der Waals surface area contributed by atoms with Crippen LogP contribution in [0.1, 0.15) is 43.0 Å². The molecule has 2 atom stereocenters. The lowest BCUT2D eigenvalue weighted by Gasteiger charge is -2.25. The lowest BCUT2D eigenvalue weighted by molar-refractivity contribution is 0.0491. The van der Waals surface area contributed by atoms with Gasteiger partial charge in [0.15, 0.2) is 12.0 Å². The Balaban J connectivity index is 1.48. The zero-order chi connectivity index (χ0) is 21.4. The van der Waals surface area contributed by atoms with Crippen LogP contribution in [-0.2, 0) is 10.2 Å². The molecule has 0 aliphatic carbocycles. The summed E-state index contributed by atoms with van der Waals surface area (Å²) in [5.41, 5.74) is 2.80. The molecule has 2 aromatic heterocycles. The van der Waals surface area contributed by atoms with Gasteiger partial charge in [-0.25, -0.2) is 15.0 Å². The number of fused-ring (bicyclic) bond motifs is 2. The number of aliphatic hydroxyl groups is 2. The molecule has 31 heavy (non-hydrogen) atoms. The molecule has 8 nitrogen and oxygen atoms in total. The van der Waals surface area contributed by atoms with Gasteiger partial charge in [0, 0.05) is 43.5 Å². The highest BCUT2D eigenvalue weighted by Gasteiger charge is 2.40. The maximum Gasteiger partial charge on any atom is 0.164 e.